The van der Waals surface area contributed by atoms with Gasteiger partial charge in [0.2, 0.25) is 0 Å². The van der Waals surface area contributed by atoms with Crippen molar-refractivity contribution < 1.29 is 9.09 Å². The highest BCUT2D eigenvalue weighted by Gasteiger charge is 1.74. The Morgan fingerprint density at radius 1 is 1.83 bits per heavy atom. The molecular formula is C3H6O2P. The van der Waals surface area contributed by atoms with E-state index in [0.29, 0.717) is 13.0 Å². The molecule has 0 aromatic carbocycles. The lowest BCUT2D eigenvalue weighted by Crippen LogP contribution is -1.75. The van der Waals surface area contributed by atoms with Crippen LogP contribution in [0.4, 0.5) is 0 Å². The fraction of sp³-hybridized carbons (Fsp3) is 0.667. The largest absolute Gasteiger partial charge is 0.327 e. The highest BCUT2D eigenvalue weighted by atomic mass is 31.1. The normalized spacial score (nSPS) is 9.50. The van der Waals surface area contributed by atoms with E-state index >= 15 is 0 Å². The first-order valence-corrected chi connectivity index (χ1v) is 2.38. The maximum absolute atomic E-state index is 9.41. The zero-order valence-corrected chi connectivity index (χ0v) is 4.28. The van der Waals surface area contributed by atoms with Crippen LogP contribution in [0.1, 0.15) is 6.42 Å². The predicted octanol–water partition coefficient (Wildman–Crippen LogP) is 1.43. The third-order valence-corrected chi connectivity index (χ3v) is 0.576. The average Bonchev–Trinajstić information content (AvgIpc) is 1.61. The van der Waals surface area contributed by atoms with Gasteiger partial charge >= 0.3 is 8.69 Å². The van der Waals surface area contributed by atoms with E-state index in [1.807, 2.05) is 0 Å². The van der Waals surface area contributed by atoms with E-state index in [9.17, 15) is 4.57 Å². The molecule has 35 valence electrons. The second-order valence-corrected chi connectivity index (χ2v) is 1.17. The topological polar surface area (TPSA) is 26.3 Å². The van der Waals surface area contributed by atoms with Crippen LogP contribution in [0.25, 0.3) is 0 Å². The molecule has 0 spiro atoms. The van der Waals surface area contributed by atoms with Crippen molar-refractivity contribution in [3.05, 3.63) is 6.92 Å². The van der Waals surface area contributed by atoms with Crippen molar-refractivity contribution in [3.8, 4) is 0 Å². The zero-order chi connectivity index (χ0) is 4.83. The fourth-order valence-electron chi connectivity index (χ4n) is 0.102. The van der Waals surface area contributed by atoms with Crippen molar-refractivity contribution in [2.24, 2.45) is 0 Å². The van der Waals surface area contributed by atoms with Gasteiger partial charge in [-0.25, -0.2) is 4.57 Å². The lowest BCUT2D eigenvalue weighted by atomic mass is 10.5. The molecule has 1 radical (unpaired) electrons. The van der Waals surface area contributed by atoms with Crippen LogP contribution in [0.2, 0.25) is 0 Å². The summed E-state index contributed by atoms with van der Waals surface area (Å²) < 4.78 is 13.7. The molecule has 0 saturated carbocycles. The van der Waals surface area contributed by atoms with Crippen molar-refractivity contribution in [2.45, 2.75) is 6.42 Å². The first kappa shape index (κ1) is 6.06. The Labute approximate surface area is 38.8 Å². The molecule has 6 heavy (non-hydrogen) atoms. The molecule has 0 aromatic heterocycles. The van der Waals surface area contributed by atoms with E-state index < -0.39 is 0 Å². The Kier molecular flexibility index (Phi) is 5.11. The summed E-state index contributed by atoms with van der Waals surface area (Å²) in [6.45, 7) is 3.93. The summed E-state index contributed by atoms with van der Waals surface area (Å²) in [4.78, 5) is 0. The highest BCUT2D eigenvalue weighted by molar-refractivity contribution is 7.17. The molecule has 3 heteroatoms. The molecule has 0 aliphatic heterocycles. The van der Waals surface area contributed by atoms with Crippen molar-refractivity contribution in [1.82, 2.24) is 0 Å². The quantitative estimate of drug-likeness (QED) is 0.401. The third kappa shape index (κ3) is 4.06. The number of hydrogen-bond donors (Lipinski definition) is 0. The van der Waals surface area contributed by atoms with E-state index in [0.717, 1.165) is 0 Å². The molecule has 0 aliphatic rings. The first-order chi connectivity index (χ1) is 2.91. The summed E-state index contributed by atoms with van der Waals surface area (Å²) >= 11 is 0. The van der Waals surface area contributed by atoms with Gasteiger partial charge in [0.25, 0.3) is 0 Å². The summed E-state index contributed by atoms with van der Waals surface area (Å²) in [5.74, 6) is 0. The molecule has 0 aliphatic carbocycles. The van der Waals surface area contributed by atoms with Gasteiger partial charge < -0.3 is 0 Å². The molecule has 0 rings (SSSR count). The minimum Gasteiger partial charge on any atom is -0.294 e. The highest BCUT2D eigenvalue weighted by Crippen LogP contribution is 1.92. The first-order valence-electron chi connectivity index (χ1n) is 1.65. The molecule has 2 nitrogen and oxygen atoms in total. The summed E-state index contributed by atoms with van der Waals surface area (Å²) in [5.41, 5.74) is 0. The molecule has 0 unspecified atom stereocenters. The van der Waals surface area contributed by atoms with E-state index in [1.165, 1.54) is 0 Å². The Bertz CT molecular complexity index is 37.8. The second-order valence-electron chi connectivity index (χ2n) is 0.761. The van der Waals surface area contributed by atoms with Gasteiger partial charge in [-0.15, -0.1) is 0 Å². The summed E-state index contributed by atoms with van der Waals surface area (Å²) in [5, 5.41) is 0. The Morgan fingerprint density at radius 2 is 2.50 bits per heavy atom. The van der Waals surface area contributed by atoms with Gasteiger partial charge in [0.15, 0.2) is 0 Å². The van der Waals surface area contributed by atoms with Crippen LogP contribution < -0.4 is 0 Å². The maximum Gasteiger partial charge on any atom is 0.327 e. The van der Waals surface area contributed by atoms with Crippen LogP contribution in [-0.2, 0) is 9.09 Å². The molecule has 0 heterocycles. The van der Waals surface area contributed by atoms with Crippen LogP contribution in [0.15, 0.2) is 0 Å². The average molecular weight is 105 g/mol. The molecular weight excluding hydrogens is 99.0 g/mol. The summed E-state index contributed by atoms with van der Waals surface area (Å²) in [6.07, 6.45) is 0.676. The van der Waals surface area contributed by atoms with E-state index in [1.54, 1.807) is 0 Å². The fourth-order valence-corrected chi connectivity index (χ4v) is 0.305. The van der Waals surface area contributed by atoms with Crippen molar-refractivity contribution >= 4 is 8.69 Å². The van der Waals surface area contributed by atoms with Crippen molar-refractivity contribution in [2.75, 3.05) is 6.61 Å². The molecule has 0 aromatic rings. The zero-order valence-electron chi connectivity index (χ0n) is 3.39. The van der Waals surface area contributed by atoms with E-state index in [2.05, 4.69) is 11.4 Å². The van der Waals surface area contributed by atoms with Crippen LogP contribution in [-0.4, -0.2) is 6.61 Å². The lowest BCUT2D eigenvalue weighted by molar-refractivity contribution is 0.349. The van der Waals surface area contributed by atoms with Gasteiger partial charge in [0.1, 0.15) is 0 Å². The monoisotopic (exact) mass is 105 g/mol. The molecule has 0 fully saturated rings. The Morgan fingerprint density at radius 3 is 2.67 bits per heavy atom. The summed E-state index contributed by atoms with van der Waals surface area (Å²) in [7, 11) is -0.245. The van der Waals surface area contributed by atoms with Crippen LogP contribution >= 0.6 is 8.69 Å². The Balaban J connectivity index is 2.49. The smallest absolute Gasteiger partial charge is 0.294 e. The second kappa shape index (κ2) is 5.06. The third-order valence-electron chi connectivity index (χ3n) is 0.288. The standard InChI is InChI=1S/C3H6O2P/c1-2-3-5-6-4/h1-3H2. The van der Waals surface area contributed by atoms with Gasteiger partial charge in [0, 0.05) is 0 Å². The van der Waals surface area contributed by atoms with Gasteiger partial charge in [-0.1, -0.05) is 6.92 Å². The van der Waals surface area contributed by atoms with E-state index in [4.69, 9.17) is 0 Å². The number of hydrogen-bond acceptors (Lipinski definition) is 2. The SMILES string of the molecule is [CH2]CCOP=O. The number of rotatable bonds is 3. The summed E-state index contributed by atoms with van der Waals surface area (Å²) in [6, 6.07) is 0. The minimum absolute atomic E-state index is 0.245. The van der Waals surface area contributed by atoms with Crippen molar-refractivity contribution in [3.63, 3.8) is 0 Å². The van der Waals surface area contributed by atoms with Gasteiger partial charge in [-0.3, -0.25) is 4.52 Å². The van der Waals surface area contributed by atoms with E-state index in [-0.39, 0.29) is 8.69 Å². The van der Waals surface area contributed by atoms with Crippen molar-refractivity contribution in [1.29, 1.82) is 0 Å². The van der Waals surface area contributed by atoms with Crippen LogP contribution in [0.5, 0.6) is 0 Å². The van der Waals surface area contributed by atoms with Gasteiger partial charge in [0.05, 0.1) is 6.61 Å². The lowest BCUT2D eigenvalue weighted by Gasteiger charge is -1.81. The van der Waals surface area contributed by atoms with Crippen LogP contribution in [0, 0.1) is 6.92 Å². The molecule has 0 amide bonds. The molecule has 0 saturated heterocycles. The van der Waals surface area contributed by atoms with Gasteiger partial charge in [-0.05, 0) is 6.42 Å². The predicted molar refractivity (Wildman–Crippen MR) is 23.5 cm³/mol. The molecule has 0 bridgehead atoms. The molecule has 0 atom stereocenters. The maximum atomic E-state index is 9.41. The minimum atomic E-state index is -0.245. The molecule has 0 N–H and O–H groups in total. The van der Waals surface area contributed by atoms with Gasteiger partial charge in [-0.2, -0.15) is 0 Å². The van der Waals surface area contributed by atoms with Crippen LogP contribution in [0.3, 0.4) is 0 Å². The Hall–Kier alpha value is 0.0600.